The van der Waals surface area contributed by atoms with Gasteiger partial charge in [0.15, 0.2) is 5.82 Å². The number of hydrogen-bond donors (Lipinski definition) is 1. The van der Waals surface area contributed by atoms with Gasteiger partial charge < -0.3 is 10.5 Å². The predicted octanol–water partition coefficient (Wildman–Crippen LogP) is 0.0393. The van der Waals surface area contributed by atoms with Gasteiger partial charge in [-0.3, -0.25) is 0 Å². The van der Waals surface area contributed by atoms with Crippen LogP contribution in [0.15, 0.2) is 6.20 Å². The quantitative estimate of drug-likeness (QED) is 0.677. The molecule has 1 unspecified atom stereocenters. The Morgan fingerprint density at radius 2 is 2.67 bits per heavy atom. The third kappa shape index (κ3) is 1.55. The fourth-order valence-corrected chi connectivity index (χ4v) is 1.40. The first-order chi connectivity index (χ1) is 5.84. The molecule has 1 saturated heterocycles. The summed E-state index contributed by atoms with van der Waals surface area (Å²) in [6.45, 7) is 1.64. The van der Waals surface area contributed by atoms with E-state index >= 15 is 0 Å². The Hall–Kier alpha value is -1.10. The Labute approximate surface area is 70.5 Å². The lowest BCUT2D eigenvalue weighted by molar-refractivity contribution is 0.0935. The molecule has 2 rings (SSSR count). The summed E-state index contributed by atoms with van der Waals surface area (Å²) in [6, 6.07) is 0. The standard InChI is InChI=1S/C7H12N4O/c8-7-5-11(10-9-7)4-6-2-1-3-12-6/h5-6H,1-4,8H2. The Bertz CT molecular complexity index is 254. The molecular formula is C7H12N4O. The van der Waals surface area contributed by atoms with Gasteiger partial charge in [-0.2, -0.15) is 0 Å². The second kappa shape index (κ2) is 3.10. The van der Waals surface area contributed by atoms with Crippen LogP contribution in [0.1, 0.15) is 12.8 Å². The van der Waals surface area contributed by atoms with Crippen molar-refractivity contribution in [3.05, 3.63) is 6.20 Å². The summed E-state index contributed by atoms with van der Waals surface area (Å²) in [5, 5.41) is 7.53. The first-order valence-corrected chi connectivity index (χ1v) is 4.12. The maximum atomic E-state index is 5.44. The molecule has 66 valence electrons. The Kier molecular flexibility index (Phi) is 1.95. The number of aromatic nitrogens is 3. The third-order valence-electron chi connectivity index (χ3n) is 1.97. The summed E-state index contributed by atoms with van der Waals surface area (Å²) in [5.74, 6) is 0.466. The Morgan fingerprint density at radius 1 is 1.75 bits per heavy atom. The molecule has 0 saturated carbocycles. The van der Waals surface area contributed by atoms with E-state index in [1.54, 1.807) is 10.9 Å². The molecule has 2 heterocycles. The van der Waals surface area contributed by atoms with E-state index in [1.165, 1.54) is 0 Å². The van der Waals surface area contributed by atoms with Crippen molar-refractivity contribution >= 4 is 5.82 Å². The number of anilines is 1. The summed E-state index contributed by atoms with van der Waals surface area (Å²) < 4.78 is 7.16. The van der Waals surface area contributed by atoms with Gasteiger partial charge in [0.25, 0.3) is 0 Å². The number of rotatable bonds is 2. The van der Waals surface area contributed by atoms with Crippen molar-refractivity contribution in [2.75, 3.05) is 12.3 Å². The van der Waals surface area contributed by atoms with Crippen LogP contribution in [0, 0.1) is 0 Å². The van der Waals surface area contributed by atoms with E-state index in [4.69, 9.17) is 10.5 Å². The Balaban J connectivity index is 1.94. The third-order valence-corrected chi connectivity index (χ3v) is 1.97. The second-order valence-corrected chi connectivity index (χ2v) is 3.00. The van der Waals surface area contributed by atoms with Gasteiger partial charge in [0.2, 0.25) is 0 Å². The van der Waals surface area contributed by atoms with E-state index in [1.807, 2.05) is 0 Å². The van der Waals surface area contributed by atoms with Crippen molar-refractivity contribution in [2.45, 2.75) is 25.5 Å². The number of hydrogen-bond acceptors (Lipinski definition) is 4. The minimum absolute atomic E-state index is 0.297. The van der Waals surface area contributed by atoms with Gasteiger partial charge in [0.05, 0.1) is 18.8 Å². The average Bonchev–Trinajstić information content (AvgIpc) is 2.63. The number of nitrogens with zero attached hydrogens (tertiary/aromatic N) is 3. The summed E-state index contributed by atoms with van der Waals surface area (Å²) in [6.07, 6.45) is 4.28. The van der Waals surface area contributed by atoms with Gasteiger partial charge >= 0.3 is 0 Å². The van der Waals surface area contributed by atoms with Crippen molar-refractivity contribution in [1.82, 2.24) is 15.0 Å². The van der Waals surface area contributed by atoms with Gasteiger partial charge in [-0.1, -0.05) is 5.21 Å². The molecule has 0 amide bonds. The monoisotopic (exact) mass is 168 g/mol. The van der Waals surface area contributed by atoms with Crippen LogP contribution in [-0.4, -0.2) is 27.7 Å². The zero-order valence-corrected chi connectivity index (χ0v) is 6.81. The molecule has 5 heteroatoms. The first-order valence-electron chi connectivity index (χ1n) is 4.12. The van der Waals surface area contributed by atoms with Gasteiger partial charge in [0, 0.05) is 6.61 Å². The SMILES string of the molecule is Nc1cn(CC2CCCO2)nn1. The van der Waals surface area contributed by atoms with E-state index in [-0.39, 0.29) is 0 Å². The highest BCUT2D eigenvalue weighted by Crippen LogP contribution is 2.13. The van der Waals surface area contributed by atoms with Crippen LogP contribution in [0.4, 0.5) is 5.82 Å². The molecule has 1 fully saturated rings. The van der Waals surface area contributed by atoms with Crippen LogP contribution < -0.4 is 5.73 Å². The van der Waals surface area contributed by atoms with E-state index in [0.717, 1.165) is 26.0 Å². The lowest BCUT2D eigenvalue weighted by Gasteiger charge is -2.07. The molecule has 2 N–H and O–H groups in total. The predicted molar refractivity (Wildman–Crippen MR) is 43.4 cm³/mol. The van der Waals surface area contributed by atoms with Crippen molar-refractivity contribution < 1.29 is 4.74 Å². The molecule has 1 aromatic rings. The van der Waals surface area contributed by atoms with Crippen LogP contribution in [0.25, 0.3) is 0 Å². The van der Waals surface area contributed by atoms with E-state index < -0.39 is 0 Å². The van der Waals surface area contributed by atoms with E-state index in [9.17, 15) is 0 Å². The van der Waals surface area contributed by atoms with Crippen LogP contribution in [0.2, 0.25) is 0 Å². The molecule has 12 heavy (non-hydrogen) atoms. The number of nitrogen functional groups attached to an aromatic ring is 1. The maximum absolute atomic E-state index is 5.44. The molecule has 0 aliphatic carbocycles. The highest BCUT2D eigenvalue weighted by atomic mass is 16.5. The van der Waals surface area contributed by atoms with Crippen LogP contribution >= 0.6 is 0 Å². The topological polar surface area (TPSA) is 66.0 Å². The molecule has 1 aromatic heterocycles. The van der Waals surface area contributed by atoms with Crippen LogP contribution in [-0.2, 0) is 11.3 Å². The molecule has 0 aromatic carbocycles. The second-order valence-electron chi connectivity index (χ2n) is 3.00. The van der Waals surface area contributed by atoms with E-state index in [0.29, 0.717) is 11.9 Å². The molecule has 1 atom stereocenters. The van der Waals surface area contributed by atoms with E-state index in [2.05, 4.69) is 10.3 Å². The minimum Gasteiger partial charge on any atom is -0.381 e. The molecule has 1 aliphatic rings. The molecule has 0 spiro atoms. The van der Waals surface area contributed by atoms with Crippen molar-refractivity contribution in [3.8, 4) is 0 Å². The van der Waals surface area contributed by atoms with Crippen molar-refractivity contribution in [1.29, 1.82) is 0 Å². The lowest BCUT2D eigenvalue weighted by Crippen LogP contribution is -2.15. The zero-order valence-electron chi connectivity index (χ0n) is 6.81. The molecule has 0 radical (unpaired) electrons. The molecule has 5 nitrogen and oxygen atoms in total. The maximum Gasteiger partial charge on any atom is 0.165 e. The normalized spacial score (nSPS) is 23.2. The van der Waals surface area contributed by atoms with Crippen LogP contribution in [0.5, 0.6) is 0 Å². The minimum atomic E-state index is 0.297. The molecule has 1 aliphatic heterocycles. The summed E-state index contributed by atoms with van der Waals surface area (Å²) in [4.78, 5) is 0. The first kappa shape index (κ1) is 7.54. The highest BCUT2D eigenvalue weighted by molar-refractivity contribution is 5.19. The highest BCUT2D eigenvalue weighted by Gasteiger charge is 2.16. The zero-order chi connectivity index (χ0) is 8.39. The van der Waals surface area contributed by atoms with Gasteiger partial charge in [0.1, 0.15) is 0 Å². The molecular weight excluding hydrogens is 156 g/mol. The number of nitrogens with two attached hydrogens (primary N) is 1. The lowest BCUT2D eigenvalue weighted by atomic mass is 10.2. The summed E-state index contributed by atoms with van der Waals surface area (Å²) in [5.41, 5.74) is 5.42. The van der Waals surface area contributed by atoms with Crippen molar-refractivity contribution in [3.63, 3.8) is 0 Å². The number of ether oxygens (including phenoxy) is 1. The summed E-state index contributed by atoms with van der Waals surface area (Å²) >= 11 is 0. The van der Waals surface area contributed by atoms with Gasteiger partial charge in [-0.25, -0.2) is 4.68 Å². The Morgan fingerprint density at radius 3 is 3.25 bits per heavy atom. The van der Waals surface area contributed by atoms with Crippen LogP contribution in [0.3, 0.4) is 0 Å². The fourth-order valence-electron chi connectivity index (χ4n) is 1.40. The smallest absolute Gasteiger partial charge is 0.165 e. The fraction of sp³-hybridized carbons (Fsp3) is 0.714. The average molecular weight is 168 g/mol. The molecule has 0 bridgehead atoms. The van der Waals surface area contributed by atoms with Gasteiger partial charge in [-0.05, 0) is 12.8 Å². The largest absolute Gasteiger partial charge is 0.381 e. The van der Waals surface area contributed by atoms with Crippen molar-refractivity contribution in [2.24, 2.45) is 0 Å². The summed E-state index contributed by atoms with van der Waals surface area (Å²) in [7, 11) is 0. The van der Waals surface area contributed by atoms with Gasteiger partial charge in [-0.15, -0.1) is 5.10 Å².